The molecule has 5 aromatic rings. The maximum atomic E-state index is 11.6. The minimum absolute atomic E-state index is 0.0260. The Kier molecular flexibility index (Phi) is 12.0. The molecule has 0 bridgehead atoms. The number of aromatic nitrogens is 5. The molecule has 1 unspecified atom stereocenters. The number of aromatic carboxylic acids is 1. The molecule has 0 radical (unpaired) electrons. The lowest BCUT2D eigenvalue weighted by Crippen LogP contribution is -2.39. The molecule has 2 aromatic carbocycles. The number of nitrogens with one attached hydrogen (secondary N) is 2. The molecular formula is C39H49N7O4S. The molecule has 12 heteroatoms. The van der Waals surface area contributed by atoms with Crippen molar-refractivity contribution in [3.8, 4) is 17.1 Å². The first-order valence-electron chi connectivity index (χ1n) is 17.3. The highest BCUT2D eigenvalue weighted by atomic mass is 32.2. The molecule has 0 aliphatic rings. The van der Waals surface area contributed by atoms with Gasteiger partial charge in [0.1, 0.15) is 12.1 Å². The molecule has 3 aromatic heterocycles. The van der Waals surface area contributed by atoms with E-state index in [2.05, 4.69) is 74.3 Å². The fraction of sp³-hybridized carbons (Fsp3) is 0.410. The summed E-state index contributed by atoms with van der Waals surface area (Å²) in [5.41, 5.74) is 8.82. The van der Waals surface area contributed by atoms with E-state index in [0.29, 0.717) is 31.4 Å². The highest BCUT2D eigenvalue weighted by molar-refractivity contribution is 8.00. The van der Waals surface area contributed by atoms with E-state index >= 15 is 0 Å². The fourth-order valence-corrected chi connectivity index (χ4v) is 6.59. The number of ether oxygens (including phenoxy) is 2. The van der Waals surface area contributed by atoms with Gasteiger partial charge in [0.05, 0.1) is 41.9 Å². The van der Waals surface area contributed by atoms with Crippen molar-refractivity contribution < 1.29 is 19.4 Å². The van der Waals surface area contributed by atoms with Crippen LogP contribution in [0, 0.1) is 13.8 Å². The number of anilines is 1. The molecule has 5 rings (SSSR count). The Balaban J connectivity index is 1.42. The van der Waals surface area contributed by atoms with E-state index in [1.165, 1.54) is 17.6 Å². The van der Waals surface area contributed by atoms with Crippen molar-refractivity contribution >= 4 is 35.0 Å². The Hall–Kier alpha value is -4.52. The lowest BCUT2D eigenvalue weighted by Gasteiger charge is -2.22. The summed E-state index contributed by atoms with van der Waals surface area (Å²) >= 11 is 1.24. The van der Waals surface area contributed by atoms with Crippen LogP contribution in [0.1, 0.15) is 80.0 Å². The van der Waals surface area contributed by atoms with Gasteiger partial charge in [0.25, 0.3) is 0 Å². The van der Waals surface area contributed by atoms with Gasteiger partial charge in [-0.2, -0.15) is 4.98 Å². The average molecular weight is 712 g/mol. The quantitative estimate of drug-likeness (QED) is 0.0923. The zero-order valence-electron chi connectivity index (χ0n) is 31.0. The van der Waals surface area contributed by atoms with Crippen LogP contribution < -0.4 is 14.8 Å². The first-order valence-corrected chi connectivity index (χ1v) is 18.1. The lowest BCUT2D eigenvalue weighted by molar-refractivity contribution is 0.0490. The van der Waals surface area contributed by atoms with Crippen LogP contribution in [0.3, 0.4) is 0 Å². The summed E-state index contributed by atoms with van der Waals surface area (Å²) in [5, 5.41) is 13.1. The smallest absolute Gasteiger partial charge is 0.335 e. The molecule has 0 aliphatic carbocycles. The Bertz CT molecular complexity index is 1980. The van der Waals surface area contributed by atoms with Crippen molar-refractivity contribution in [2.24, 2.45) is 7.05 Å². The number of hydrogen-bond acceptors (Lipinski definition) is 10. The van der Waals surface area contributed by atoms with Gasteiger partial charge in [-0.05, 0) is 81.5 Å². The largest absolute Gasteiger partial charge is 0.478 e. The van der Waals surface area contributed by atoms with Gasteiger partial charge in [-0.1, -0.05) is 52.0 Å². The molecule has 3 heterocycles. The molecule has 0 aliphatic heterocycles. The normalized spacial score (nSPS) is 12.4. The van der Waals surface area contributed by atoms with E-state index in [4.69, 9.17) is 29.4 Å². The van der Waals surface area contributed by atoms with E-state index in [9.17, 15) is 9.90 Å². The van der Waals surface area contributed by atoms with Crippen molar-refractivity contribution in [2.75, 3.05) is 17.9 Å². The van der Waals surface area contributed by atoms with Crippen molar-refractivity contribution in [1.82, 2.24) is 29.8 Å². The zero-order chi connectivity index (χ0) is 36.9. The van der Waals surface area contributed by atoms with Gasteiger partial charge in [0.15, 0.2) is 5.65 Å². The number of rotatable bonds is 15. The van der Waals surface area contributed by atoms with E-state index in [-0.39, 0.29) is 29.7 Å². The molecule has 0 spiro atoms. The first kappa shape index (κ1) is 37.7. The van der Waals surface area contributed by atoms with Crippen LogP contribution in [0.25, 0.3) is 22.4 Å². The van der Waals surface area contributed by atoms with Gasteiger partial charge in [-0.15, -0.1) is 0 Å². The van der Waals surface area contributed by atoms with E-state index in [1.54, 1.807) is 18.2 Å². The summed E-state index contributed by atoms with van der Waals surface area (Å²) in [4.78, 5) is 31.8. The Morgan fingerprint density at radius 2 is 1.75 bits per heavy atom. The van der Waals surface area contributed by atoms with Crippen molar-refractivity contribution in [3.05, 3.63) is 88.4 Å². The number of fused-ring (bicyclic) bond motifs is 1. The molecule has 51 heavy (non-hydrogen) atoms. The molecule has 0 saturated heterocycles. The molecule has 3 N–H and O–H groups in total. The van der Waals surface area contributed by atoms with Gasteiger partial charge >= 0.3 is 5.97 Å². The topological polar surface area (TPSA) is 136 Å². The summed E-state index contributed by atoms with van der Waals surface area (Å²) in [5.74, 6) is -0.154. The summed E-state index contributed by atoms with van der Waals surface area (Å²) in [6.45, 7) is 18.0. The molecule has 0 fully saturated rings. The van der Waals surface area contributed by atoms with Crippen LogP contribution in [-0.4, -0.2) is 60.9 Å². The van der Waals surface area contributed by atoms with E-state index in [0.717, 1.165) is 49.7 Å². The predicted octanol–water partition coefficient (Wildman–Crippen LogP) is 7.68. The average Bonchev–Trinajstić information content (AvgIpc) is 3.43. The van der Waals surface area contributed by atoms with Gasteiger partial charge in [-0.3, -0.25) is 9.71 Å². The van der Waals surface area contributed by atoms with Crippen molar-refractivity contribution in [1.29, 1.82) is 0 Å². The van der Waals surface area contributed by atoms with Crippen LogP contribution in [0.2, 0.25) is 0 Å². The SMILES string of the molecule is CCc1c(OCC(COC(C)C)NCc2cnc3cc(C(C)(C)C)n(C)c3n2)nc(NSc2cccc(C(=O)O)c2)nc1-c1c(C)cccc1C. The number of carboxylic acid groups (broad SMARTS) is 1. The third-order valence-electron chi connectivity index (χ3n) is 8.56. The fourth-order valence-electron chi connectivity index (χ4n) is 5.96. The third-order valence-corrected chi connectivity index (χ3v) is 9.33. The summed E-state index contributed by atoms with van der Waals surface area (Å²) in [6, 6.07) is 14.8. The zero-order valence-corrected chi connectivity index (χ0v) is 31.8. The van der Waals surface area contributed by atoms with E-state index in [1.807, 2.05) is 39.2 Å². The minimum Gasteiger partial charge on any atom is -0.478 e. The maximum Gasteiger partial charge on any atom is 0.335 e. The molecule has 1 atom stereocenters. The van der Waals surface area contributed by atoms with Crippen LogP contribution in [0.4, 0.5) is 5.95 Å². The predicted molar refractivity (Wildman–Crippen MR) is 204 cm³/mol. The van der Waals surface area contributed by atoms with Gasteiger partial charge in [0, 0.05) is 40.7 Å². The number of carboxylic acids is 1. The second-order valence-corrected chi connectivity index (χ2v) is 14.9. The van der Waals surface area contributed by atoms with Crippen molar-refractivity contribution in [3.63, 3.8) is 0 Å². The molecule has 0 amide bonds. The van der Waals surface area contributed by atoms with Gasteiger partial charge in [-0.25, -0.2) is 14.8 Å². The summed E-state index contributed by atoms with van der Waals surface area (Å²) < 4.78 is 18.0. The Labute approximate surface area is 304 Å². The van der Waals surface area contributed by atoms with Gasteiger partial charge in [0.2, 0.25) is 11.8 Å². The van der Waals surface area contributed by atoms with Crippen LogP contribution in [0.5, 0.6) is 5.88 Å². The standard InChI is InChI=1S/C39H49N7O4S/c1-10-30-34(33-24(4)13-11-14-25(33)5)43-38(45-51-29-16-12-15-26(17-29)37(47)48)44-36(30)50-22-28(21-49-23(2)3)40-19-27-20-41-31-18-32(39(6,7)8)46(9)35(31)42-27/h11-18,20,23,28,40H,10,19,21-22H2,1-9H3,(H,47,48)(H,43,44,45). The molecule has 11 nitrogen and oxygen atoms in total. The van der Waals surface area contributed by atoms with E-state index < -0.39 is 5.97 Å². The Morgan fingerprint density at radius 1 is 1.02 bits per heavy atom. The monoisotopic (exact) mass is 711 g/mol. The van der Waals surface area contributed by atoms with Crippen LogP contribution >= 0.6 is 11.9 Å². The molecule has 270 valence electrons. The summed E-state index contributed by atoms with van der Waals surface area (Å²) in [7, 11) is 2.04. The number of aryl methyl sites for hydroxylation is 3. The second kappa shape index (κ2) is 16.2. The highest BCUT2D eigenvalue weighted by Crippen LogP contribution is 2.35. The van der Waals surface area contributed by atoms with Crippen molar-refractivity contribution in [2.45, 2.75) is 90.8 Å². The molecule has 0 saturated carbocycles. The second-order valence-electron chi connectivity index (χ2n) is 14.0. The van der Waals surface area contributed by atoms with Gasteiger partial charge < -0.3 is 24.5 Å². The Morgan fingerprint density at radius 3 is 2.41 bits per heavy atom. The molecular weight excluding hydrogens is 663 g/mol. The number of nitrogens with zero attached hydrogens (tertiary/aromatic N) is 5. The third kappa shape index (κ3) is 9.24. The minimum atomic E-state index is -0.985. The first-order chi connectivity index (χ1) is 24.2. The number of benzene rings is 2. The number of carbonyl (C=O) groups is 1. The maximum absolute atomic E-state index is 11.6. The summed E-state index contributed by atoms with van der Waals surface area (Å²) in [6.07, 6.45) is 2.51. The highest BCUT2D eigenvalue weighted by Gasteiger charge is 2.23. The van der Waals surface area contributed by atoms with Crippen LogP contribution in [0.15, 0.2) is 59.6 Å². The lowest BCUT2D eigenvalue weighted by atomic mass is 9.92. The van der Waals surface area contributed by atoms with Crippen LogP contribution in [-0.2, 0) is 30.2 Å². The number of hydrogen-bond donors (Lipinski definition) is 3.